The van der Waals surface area contributed by atoms with Crippen molar-refractivity contribution < 1.29 is 44.6 Å². The van der Waals surface area contributed by atoms with Crippen LogP contribution in [-0.4, -0.2) is 101 Å². The van der Waals surface area contributed by atoms with Crippen molar-refractivity contribution in [3.8, 4) is 0 Å². The molecule has 6 atom stereocenters. The van der Waals surface area contributed by atoms with Gasteiger partial charge in [0.05, 0.1) is 5.92 Å². The zero-order chi connectivity index (χ0) is 32.4. The maximum Gasteiger partial charge on any atom is 0.411 e. The molecule has 5 fully saturated rings. The molecule has 0 aromatic carbocycles. The minimum atomic E-state index is -4.58. The maximum absolute atomic E-state index is 13.4. The van der Waals surface area contributed by atoms with Gasteiger partial charge in [-0.05, 0) is 64.2 Å². The second-order valence-electron chi connectivity index (χ2n) is 12.9. The third-order valence-electron chi connectivity index (χ3n) is 9.75. The van der Waals surface area contributed by atoms with Gasteiger partial charge >= 0.3 is 12.4 Å². The average molecular weight is 678 g/mol. The molecule has 0 bridgehead atoms. The van der Waals surface area contributed by atoms with E-state index in [9.17, 15) is 39.9 Å². The molecular formula is C27H45F6N7O4S. The SMILES string of the molecule is O=C1CCCN1C1CCC([S+](=O)([O-])N2CCC(NC3NC(NC4CCCC(C(F)(F)F)C4)NC(OCC(F)(F)F)N3)CC2)CC1. The van der Waals surface area contributed by atoms with E-state index in [1.807, 2.05) is 4.90 Å². The third-order valence-corrected chi connectivity index (χ3v) is 12.2. The van der Waals surface area contributed by atoms with Crippen LogP contribution in [-0.2, 0) is 24.1 Å². The molecular weight excluding hydrogens is 632 g/mol. The number of carbonyl (C=O) groups excluding carboxylic acids is 1. The van der Waals surface area contributed by atoms with Crippen LogP contribution in [0.15, 0.2) is 0 Å². The van der Waals surface area contributed by atoms with Crippen molar-refractivity contribution in [2.75, 3.05) is 26.2 Å². The van der Waals surface area contributed by atoms with Crippen molar-refractivity contribution in [3.63, 3.8) is 0 Å². The first-order chi connectivity index (χ1) is 21.2. The lowest BCUT2D eigenvalue weighted by Crippen LogP contribution is -2.76. The van der Waals surface area contributed by atoms with E-state index in [1.54, 1.807) is 0 Å². The van der Waals surface area contributed by atoms with E-state index in [0.29, 0.717) is 57.8 Å². The van der Waals surface area contributed by atoms with Gasteiger partial charge in [0.1, 0.15) is 34.8 Å². The topological polar surface area (TPSA) is 133 Å². The number of likely N-dealkylation sites (tertiary alicyclic amines) is 1. The minimum Gasteiger partial charge on any atom is -0.597 e. The molecule has 1 amide bonds. The van der Waals surface area contributed by atoms with Gasteiger partial charge in [-0.1, -0.05) is 10.6 Å². The van der Waals surface area contributed by atoms with Gasteiger partial charge in [0.25, 0.3) is 0 Å². The Morgan fingerprint density at radius 3 is 2.07 bits per heavy atom. The minimum absolute atomic E-state index is 0.0472. The summed E-state index contributed by atoms with van der Waals surface area (Å²) in [6.45, 7) is -0.214. The number of alkyl halides is 6. The van der Waals surface area contributed by atoms with Crippen molar-refractivity contribution in [1.29, 1.82) is 0 Å². The summed E-state index contributed by atoms with van der Waals surface area (Å²) in [4.78, 5) is 14.0. The Bertz CT molecular complexity index is 1040. The van der Waals surface area contributed by atoms with E-state index in [1.165, 1.54) is 4.31 Å². The maximum atomic E-state index is 13.4. The summed E-state index contributed by atoms with van der Waals surface area (Å²) in [6, 6.07) is -0.570. The fourth-order valence-electron chi connectivity index (χ4n) is 7.39. The van der Waals surface area contributed by atoms with E-state index < -0.39 is 65.5 Å². The molecule has 2 saturated carbocycles. The highest BCUT2D eigenvalue weighted by molar-refractivity contribution is 7.96. The van der Waals surface area contributed by atoms with Gasteiger partial charge in [-0.15, -0.1) is 4.31 Å². The monoisotopic (exact) mass is 677 g/mol. The summed E-state index contributed by atoms with van der Waals surface area (Å²) in [5.74, 6) is -1.29. The predicted octanol–water partition coefficient (Wildman–Crippen LogP) is 2.44. The lowest BCUT2D eigenvalue weighted by molar-refractivity contribution is -0.199. The number of hydrogen-bond acceptors (Lipinski definition) is 9. The lowest BCUT2D eigenvalue weighted by Gasteiger charge is -2.44. The van der Waals surface area contributed by atoms with Crippen LogP contribution in [0.25, 0.3) is 0 Å². The van der Waals surface area contributed by atoms with Gasteiger partial charge in [-0.3, -0.25) is 31.4 Å². The van der Waals surface area contributed by atoms with Crippen LogP contribution in [0.4, 0.5) is 26.3 Å². The number of nitrogens with one attached hydrogen (secondary N) is 5. The van der Waals surface area contributed by atoms with E-state index in [0.717, 1.165) is 13.0 Å². The number of nitrogens with zero attached hydrogens (tertiary/aromatic N) is 2. The van der Waals surface area contributed by atoms with Gasteiger partial charge < -0.3 is 14.2 Å². The molecule has 5 rings (SSSR count). The standard InChI is InChI=1S/C27H45F6N7O4S/c28-26(29,30)16-44-25-37-23(36-24(38-25)35-19-4-1-3-17(15-19)27(31,32)33)34-18-10-13-39(14-11-18)45(42,43)21-8-6-20(7-9-21)40-12-2-5-22(40)41/h17-21,23-25,34-38H,1-16H2. The molecule has 5 aliphatic rings. The first-order valence-electron chi connectivity index (χ1n) is 16.0. The Labute approximate surface area is 260 Å². The number of rotatable bonds is 9. The van der Waals surface area contributed by atoms with Crippen molar-refractivity contribution in [1.82, 2.24) is 35.8 Å². The molecule has 6 unspecified atom stereocenters. The molecule has 0 aromatic heterocycles. The van der Waals surface area contributed by atoms with E-state index >= 15 is 0 Å². The van der Waals surface area contributed by atoms with Crippen molar-refractivity contribution in [3.05, 3.63) is 0 Å². The molecule has 0 radical (unpaired) electrons. The first kappa shape index (κ1) is 35.2. The van der Waals surface area contributed by atoms with Crippen LogP contribution in [0.1, 0.15) is 77.0 Å². The molecule has 18 heteroatoms. The number of halogens is 6. The molecule has 2 aliphatic carbocycles. The number of carbonyl (C=O) groups is 1. The lowest BCUT2D eigenvalue weighted by atomic mass is 9.85. The Morgan fingerprint density at radius 1 is 0.844 bits per heavy atom. The van der Waals surface area contributed by atoms with E-state index in [-0.39, 0.29) is 43.9 Å². The molecule has 3 saturated heterocycles. The zero-order valence-electron chi connectivity index (χ0n) is 25.1. The molecule has 3 aliphatic heterocycles. The largest absolute Gasteiger partial charge is 0.597 e. The van der Waals surface area contributed by atoms with Gasteiger partial charge in [-0.25, -0.2) is 0 Å². The summed E-state index contributed by atoms with van der Waals surface area (Å²) < 4.78 is 112. The Kier molecular flexibility index (Phi) is 11.4. The van der Waals surface area contributed by atoms with Crippen LogP contribution in [0, 0.1) is 5.92 Å². The van der Waals surface area contributed by atoms with Crippen molar-refractivity contribution in [2.45, 2.75) is 132 Å². The molecule has 11 nitrogen and oxygen atoms in total. The summed E-state index contributed by atoms with van der Waals surface area (Å²) in [7, 11) is -3.53. The van der Waals surface area contributed by atoms with Crippen LogP contribution in [0.3, 0.4) is 0 Å². The van der Waals surface area contributed by atoms with Crippen LogP contribution in [0.5, 0.6) is 0 Å². The van der Waals surface area contributed by atoms with Gasteiger partial charge in [-0.2, -0.15) is 26.3 Å². The van der Waals surface area contributed by atoms with Crippen molar-refractivity contribution in [2.24, 2.45) is 5.92 Å². The summed E-state index contributed by atoms with van der Waals surface area (Å²) in [5.41, 5.74) is 0. The van der Waals surface area contributed by atoms with E-state index in [2.05, 4.69) is 26.6 Å². The quantitative estimate of drug-likeness (QED) is 0.185. The summed E-state index contributed by atoms with van der Waals surface area (Å²) >= 11 is 0. The summed E-state index contributed by atoms with van der Waals surface area (Å²) in [6.07, 6.45) is -6.25. The van der Waals surface area contributed by atoms with Gasteiger partial charge in [0, 0.05) is 44.2 Å². The number of sulfonamides is 1. The Morgan fingerprint density at radius 2 is 1.49 bits per heavy atom. The van der Waals surface area contributed by atoms with Gasteiger partial charge in [0.15, 0.2) is 6.35 Å². The average Bonchev–Trinajstić information content (AvgIpc) is 3.41. The van der Waals surface area contributed by atoms with Crippen LogP contribution >= 0.6 is 0 Å². The normalized spacial score (nSPS) is 36.3. The highest BCUT2D eigenvalue weighted by atomic mass is 32.3. The molecule has 260 valence electrons. The number of hydrogen-bond donors (Lipinski definition) is 5. The predicted molar refractivity (Wildman–Crippen MR) is 151 cm³/mol. The second kappa shape index (κ2) is 14.6. The third kappa shape index (κ3) is 9.49. The zero-order valence-corrected chi connectivity index (χ0v) is 26.0. The highest BCUT2D eigenvalue weighted by Gasteiger charge is 2.45. The number of amides is 1. The number of ether oxygens (including phenoxy) is 1. The molecule has 0 spiro atoms. The molecule has 5 N–H and O–H groups in total. The van der Waals surface area contributed by atoms with Crippen LogP contribution in [0.2, 0.25) is 0 Å². The Balaban J connectivity index is 1.12. The molecule has 45 heavy (non-hydrogen) atoms. The van der Waals surface area contributed by atoms with E-state index in [4.69, 9.17) is 4.74 Å². The fraction of sp³-hybridized carbons (Fsp3) is 0.963. The summed E-state index contributed by atoms with van der Waals surface area (Å²) in [5, 5.41) is 14.6. The highest BCUT2D eigenvalue weighted by Crippen LogP contribution is 2.38. The number of piperidine rings is 1. The fourth-order valence-corrected chi connectivity index (χ4v) is 9.40. The van der Waals surface area contributed by atoms with Crippen LogP contribution < -0.4 is 26.6 Å². The first-order valence-corrected chi connectivity index (χ1v) is 17.5. The second-order valence-corrected chi connectivity index (χ2v) is 15.2. The van der Waals surface area contributed by atoms with Crippen molar-refractivity contribution >= 4 is 16.3 Å². The van der Waals surface area contributed by atoms with Gasteiger partial charge in [0.2, 0.25) is 5.91 Å². The molecule has 0 aromatic rings. The Hall–Kier alpha value is -1.12. The molecule has 3 heterocycles. The smallest absolute Gasteiger partial charge is 0.411 e.